The molecule has 0 saturated carbocycles. The lowest BCUT2D eigenvalue weighted by atomic mass is 10.2. The van der Waals surface area contributed by atoms with E-state index in [2.05, 4.69) is 10.6 Å². The molecule has 0 bridgehead atoms. The molecule has 0 aliphatic carbocycles. The van der Waals surface area contributed by atoms with Crippen LogP contribution < -0.4 is 10.6 Å². The first kappa shape index (κ1) is 13.9. The Morgan fingerprint density at radius 2 is 1.87 bits per heavy atom. The van der Waals surface area contributed by atoms with Crippen molar-refractivity contribution < 1.29 is 14.7 Å². The first-order valence-electron chi connectivity index (χ1n) is 5.20. The van der Waals surface area contributed by atoms with Gasteiger partial charge >= 0.3 is 5.97 Å². The summed E-state index contributed by atoms with van der Waals surface area (Å²) < 4.78 is 0. The molecule has 0 fully saturated rings. The molecule has 0 spiro atoms. The molecule has 88 valence electrons. The Morgan fingerprint density at radius 3 is 2.33 bits per heavy atom. The normalized spacial score (nSPS) is 14.3. The fraction of sp³-hybridized carbons (Fsp3) is 0.800. The maximum atomic E-state index is 11.3. The van der Waals surface area contributed by atoms with E-state index in [1.807, 2.05) is 13.8 Å². The second-order valence-corrected chi connectivity index (χ2v) is 3.76. The second kappa shape index (κ2) is 7.23. The molecule has 3 N–H and O–H groups in total. The standard InChI is InChI=1S/C10H20N2O3/c1-4-7(2)11-6-9(13)12-8(3)5-10(14)15/h7-8,11H,4-6H2,1-3H3,(H,12,13)(H,14,15). The molecule has 15 heavy (non-hydrogen) atoms. The minimum atomic E-state index is -0.905. The summed E-state index contributed by atoms with van der Waals surface area (Å²) in [5.74, 6) is -1.07. The van der Waals surface area contributed by atoms with Gasteiger partial charge in [-0.1, -0.05) is 6.92 Å². The molecule has 0 aromatic heterocycles. The third-order valence-electron chi connectivity index (χ3n) is 2.11. The average molecular weight is 216 g/mol. The fourth-order valence-electron chi connectivity index (χ4n) is 1.05. The molecular formula is C10H20N2O3. The van der Waals surface area contributed by atoms with Crippen LogP contribution in [0.5, 0.6) is 0 Å². The first-order chi connectivity index (χ1) is 6.95. The summed E-state index contributed by atoms with van der Waals surface area (Å²) in [5.41, 5.74) is 0. The van der Waals surface area contributed by atoms with Crippen LogP contribution in [0.25, 0.3) is 0 Å². The number of nitrogens with one attached hydrogen (secondary N) is 2. The number of carboxylic acid groups (broad SMARTS) is 1. The summed E-state index contributed by atoms with van der Waals surface area (Å²) in [6.07, 6.45) is 0.910. The molecule has 0 radical (unpaired) electrons. The molecule has 1 amide bonds. The molecule has 0 aromatic rings. The van der Waals surface area contributed by atoms with E-state index >= 15 is 0 Å². The zero-order valence-corrected chi connectivity index (χ0v) is 9.54. The summed E-state index contributed by atoms with van der Waals surface area (Å²) in [6, 6.07) is -0.0285. The largest absolute Gasteiger partial charge is 0.481 e. The van der Waals surface area contributed by atoms with Gasteiger partial charge in [0.25, 0.3) is 0 Å². The number of hydrogen-bond donors (Lipinski definition) is 3. The quantitative estimate of drug-likeness (QED) is 0.574. The summed E-state index contributed by atoms with van der Waals surface area (Å²) >= 11 is 0. The Labute approximate surface area is 90.2 Å². The molecule has 5 nitrogen and oxygen atoms in total. The molecule has 0 aromatic carbocycles. The van der Waals surface area contributed by atoms with Gasteiger partial charge in [-0.2, -0.15) is 0 Å². The van der Waals surface area contributed by atoms with Crippen LogP contribution in [-0.4, -0.2) is 35.6 Å². The number of carboxylic acids is 1. The summed E-state index contributed by atoms with van der Waals surface area (Å²) in [7, 11) is 0. The van der Waals surface area contributed by atoms with Gasteiger partial charge in [-0.15, -0.1) is 0 Å². The Bertz CT molecular complexity index is 219. The number of carbonyl (C=O) groups is 2. The summed E-state index contributed by atoms with van der Waals surface area (Å²) in [4.78, 5) is 21.6. The predicted molar refractivity (Wildman–Crippen MR) is 57.6 cm³/mol. The maximum absolute atomic E-state index is 11.3. The van der Waals surface area contributed by atoms with Crippen molar-refractivity contribution in [3.63, 3.8) is 0 Å². The van der Waals surface area contributed by atoms with E-state index in [1.165, 1.54) is 0 Å². The van der Waals surface area contributed by atoms with E-state index in [-0.39, 0.29) is 24.9 Å². The van der Waals surface area contributed by atoms with Crippen molar-refractivity contribution in [1.82, 2.24) is 10.6 Å². The van der Waals surface area contributed by atoms with E-state index in [1.54, 1.807) is 6.92 Å². The maximum Gasteiger partial charge on any atom is 0.305 e. The molecular weight excluding hydrogens is 196 g/mol. The molecule has 0 saturated heterocycles. The highest BCUT2D eigenvalue weighted by atomic mass is 16.4. The van der Waals surface area contributed by atoms with E-state index in [4.69, 9.17) is 5.11 Å². The molecule has 0 heterocycles. The van der Waals surface area contributed by atoms with Gasteiger partial charge in [0, 0.05) is 12.1 Å². The van der Waals surface area contributed by atoms with Gasteiger partial charge < -0.3 is 15.7 Å². The molecule has 0 aliphatic heterocycles. The van der Waals surface area contributed by atoms with Crippen LogP contribution in [0.2, 0.25) is 0 Å². The van der Waals surface area contributed by atoms with Gasteiger partial charge in [-0.3, -0.25) is 9.59 Å². The van der Waals surface area contributed by atoms with Crippen LogP contribution in [-0.2, 0) is 9.59 Å². The van der Waals surface area contributed by atoms with Crippen molar-refractivity contribution in [2.24, 2.45) is 0 Å². The average Bonchev–Trinajstić information content (AvgIpc) is 2.12. The number of amides is 1. The van der Waals surface area contributed by atoms with Crippen molar-refractivity contribution in [2.75, 3.05) is 6.54 Å². The van der Waals surface area contributed by atoms with Crippen LogP contribution in [0.4, 0.5) is 0 Å². The molecule has 0 aliphatic rings. The zero-order chi connectivity index (χ0) is 11.8. The lowest BCUT2D eigenvalue weighted by Crippen LogP contribution is -2.42. The number of carbonyl (C=O) groups excluding carboxylic acids is 1. The van der Waals surface area contributed by atoms with Crippen molar-refractivity contribution in [1.29, 1.82) is 0 Å². The second-order valence-electron chi connectivity index (χ2n) is 3.76. The highest BCUT2D eigenvalue weighted by Gasteiger charge is 2.10. The van der Waals surface area contributed by atoms with E-state index in [0.29, 0.717) is 6.04 Å². The minimum absolute atomic E-state index is 0.0466. The highest BCUT2D eigenvalue weighted by Crippen LogP contribution is 1.90. The van der Waals surface area contributed by atoms with Gasteiger partial charge in [0.1, 0.15) is 0 Å². The van der Waals surface area contributed by atoms with E-state index < -0.39 is 5.97 Å². The summed E-state index contributed by atoms with van der Waals surface area (Å²) in [6.45, 7) is 5.94. The third kappa shape index (κ3) is 7.93. The third-order valence-corrected chi connectivity index (χ3v) is 2.11. The van der Waals surface area contributed by atoms with Crippen LogP contribution in [0.15, 0.2) is 0 Å². The number of aliphatic carboxylic acids is 1. The Balaban J connectivity index is 3.69. The van der Waals surface area contributed by atoms with Crippen molar-refractivity contribution in [2.45, 2.75) is 45.7 Å². The van der Waals surface area contributed by atoms with Crippen molar-refractivity contribution in [3.8, 4) is 0 Å². The van der Waals surface area contributed by atoms with Crippen molar-refractivity contribution >= 4 is 11.9 Å². The Kier molecular flexibility index (Phi) is 6.70. The van der Waals surface area contributed by atoms with Gasteiger partial charge in [-0.25, -0.2) is 0 Å². The van der Waals surface area contributed by atoms with Crippen LogP contribution in [0.1, 0.15) is 33.6 Å². The predicted octanol–water partition coefficient (Wildman–Crippen LogP) is 0.354. The fourth-order valence-corrected chi connectivity index (χ4v) is 1.05. The van der Waals surface area contributed by atoms with Crippen LogP contribution >= 0.6 is 0 Å². The zero-order valence-electron chi connectivity index (χ0n) is 9.54. The lowest BCUT2D eigenvalue weighted by Gasteiger charge is -2.14. The Hall–Kier alpha value is -1.10. The first-order valence-corrected chi connectivity index (χ1v) is 5.20. The van der Waals surface area contributed by atoms with Crippen molar-refractivity contribution in [3.05, 3.63) is 0 Å². The molecule has 0 rings (SSSR count). The number of hydrogen-bond acceptors (Lipinski definition) is 3. The number of rotatable bonds is 7. The highest BCUT2D eigenvalue weighted by molar-refractivity contribution is 5.79. The SMILES string of the molecule is CCC(C)NCC(=O)NC(C)CC(=O)O. The smallest absolute Gasteiger partial charge is 0.305 e. The van der Waals surface area contributed by atoms with E-state index in [0.717, 1.165) is 6.42 Å². The van der Waals surface area contributed by atoms with Gasteiger partial charge in [0.05, 0.1) is 13.0 Å². The van der Waals surface area contributed by atoms with Crippen LogP contribution in [0, 0.1) is 0 Å². The summed E-state index contributed by atoms with van der Waals surface area (Å²) in [5, 5.41) is 14.1. The van der Waals surface area contributed by atoms with Crippen LogP contribution in [0.3, 0.4) is 0 Å². The lowest BCUT2D eigenvalue weighted by molar-refractivity contribution is -0.137. The van der Waals surface area contributed by atoms with E-state index in [9.17, 15) is 9.59 Å². The van der Waals surface area contributed by atoms with Gasteiger partial charge in [0.2, 0.25) is 5.91 Å². The molecule has 2 atom stereocenters. The molecule has 2 unspecified atom stereocenters. The minimum Gasteiger partial charge on any atom is -0.481 e. The Morgan fingerprint density at radius 1 is 1.27 bits per heavy atom. The topological polar surface area (TPSA) is 78.4 Å². The molecule has 5 heteroatoms. The van der Waals surface area contributed by atoms with Gasteiger partial charge in [0.15, 0.2) is 0 Å². The monoisotopic (exact) mass is 216 g/mol. The van der Waals surface area contributed by atoms with Gasteiger partial charge in [-0.05, 0) is 20.3 Å².